The average Bonchev–Trinajstić information content (AvgIpc) is 3.07. The topological polar surface area (TPSA) is 107 Å². The number of amides is 1. The van der Waals surface area contributed by atoms with E-state index in [0.717, 1.165) is 4.31 Å². The third kappa shape index (κ3) is 4.50. The zero-order chi connectivity index (χ0) is 20.6. The van der Waals surface area contributed by atoms with E-state index in [1.807, 2.05) is 0 Å². The van der Waals surface area contributed by atoms with Crippen molar-refractivity contribution >= 4 is 27.8 Å². The molecule has 0 bridgehead atoms. The summed E-state index contributed by atoms with van der Waals surface area (Å²) in [6.07, 6.45) is -3.81. The van der Waals surface area contributed by atoms with Crippen LogP contribution in [0.15, 0.2) is 12.1 Å². The zero-order valence-electron chi connectivity index (χ0n) is 14.5. The summed E-state index contributed by atoms with van der Waals surface area (Å²) in [6, 6.07) is 1.05. The molecule has 1 fully saturated rings. The minimum atomic E-state index is -5.04. The van der Waals surface area contributed by atoms with Crippen LogP contribution >= 0.6 is 0 Å². The maximum Gasteiger partial charge on any atom is 0.417 e. The first-order chi connectivity index (χ1) is 12.3. The highest BCUT2D eigenvalue weighted by Crippen LogP contribution is 2.36. The van der Waals surface area contributed by atoms with E-state index < -0.39 is 45.0 Å². The molecule has 0 unspecified atom stereocenters. The van der Waals surface area contributed by atoms with Crippen molar-refractivity contribution in [3.05, 3.63) is 28.8 Å². The Morgan fingerprint density at radius 2 is 1.70 bits per heavy atom. The van der Waals surface area contributed by atoms with Crippen LogP contribution in [-0.2, 0) is 16.4 Å². The number of carbonyl (C=O) groups excluding carboxylic acids is 1. The van der Waals surface area contributed by atoms with Crippen molar-refractivity contribution in [2.24, 2.45) is 0 Å². The molecule has 12 heteroatoms. The minimum Gasteiger partial charge on any atom is -0.478 e. The Hall–Kier alpha value is -2.34. The van der Waals surface area contributed by atoms with E-state index in [0.29, 0.717) is 25.0 Å². The maximum absolute atomic E-state index is 13.2. The summed E-state index contributed by atoms with van der Waals surface area (Å²) in [5.41, 5.74) is -3.33. The van der Waals surface area contributed by atoms with Crippen molar-refractivity contribution < 1.29 is 36.3 Å². The molecule has 0 atom stereocenters. The Morgan fingerprint density at radius 3 is 2.15 bits per heavy atom. The summed E-state index contributed by atoms with van der Waals surface area (Å²) in [5, 5.41) is 9.07. The van der Waals surface area contributed by atoms with E-state index in [1.54, 1.807) is 4.72 Å². The summed E-state index contributed by atoms with van der Waals surface area (Å²) in [7, 11) is -1.43. The van der Waals surface area contributed by atoms with E-state index in [4.69, 9.17) is 5.11 Å². The minimum absolute atomic E-state index is 0.158. The number of carbonyl (C=O) groups is 2. The fourth-order valence-corrected chi connectivity index (χ4v) is 3.93. The van der Waals surface area contributed by atoms with Gasteiger partial charge in [0.15, 0.2) is 0 Å². The first-order valence-corrected chi connectivity index (χ1v) is 9.26. The van der Waals surface area contributed by atoms with Crippen LogP contribution in [0.1, 0.15) is 39.1 Å². The van der Waals surface area contributed by atoms with Crippen molar-refractivity contribution in [1.82, 2.24) is 9.03 Å². The van der Waals surface area contributed by atoms with E-state index in [-0.39, 0.29) is 18.8 Å². The Labute approximate surface area is 153 Å². The molecule has 1 aliphatic heterocycles. The lowest BCUT2D eigenvalue weighted by atomic mass is 10.0. The van der Waals surface area contributed by atoms with Gasteiger partial charge in [0.1, 0.15) is 0 Å². The first-order valence-electron chi connectivity index (χ1n) is 7.82. The molecule has 1 aliphatic rings. The van der Waals surface area contributed by atoms with Crippen molar-refractivity contribution in [3.8, 4) is 0 Å². The van der Waals surface area contributed by atoms with Gasteiger partial charge < -0.3 is 10.0 Å². The lowest BCUT2D eigenvalue weighted by Gasteiger charge is -2.22. The molecule has 1 aromatic carbocycles. The zero-order valence-corrected chi connectivity index (χ0v) is 15.3. The van der Waals surface area contributed by atoms with Crippen LogP contribution in [0.4, 0.5) is 18.9 Å². The smallest absolute Gasteiger partial charge is 0.417 e. The van der Waals surface area contributed by atoms with Gasteiger partial charge >= 0.3 is 22.4 Å². The van der Waals surface area contributed by atoms with Gasteiger partial charge in [-0.25, -0.2) is 9.52 Å². The quantitative estimate of drug-likeness (QED) is 0.764. The molecular formula is C15H18F3N3O5S. The van der Waals surface area contributed by atoms with Gasteiger partial charge in [-0.2, -0.15) is 25.9 Å². The van der Waals surface area contributed by atoms with Crippen LogP contribution in [0.3, 0.4) is 0 Å². The van der Waals surface area contributed by atoms with Gasteiger partial charge in [0.2, 0.25) is 0 Å². The average molecular weight is 409 g/mol. The van der Waals surface area contributed by atoms with Crippen molar-refractivity contribution in [2.75, 3.05) is 32.1 Å². The Bertz CT molecular complexity index is 862. The molecule has 0 spiro atoms. The molecule has 0 aromatic heterocycles. The normalized spacial score (nSPS) is 15.6. The van der Waals surface area contributed by atoms with E-state index in [9.17, 15) is 31.2 Å². The fraction of sp³-hybridized carbons (Fsp3) is 0.467. The molecule has 1 amide bonds. The Balaban J connectivity index is 2.53. The first kappa shape index (κ1) is 21.0. The predicted octanol–water partition coefficient (Wildman–Crippen LogP) is 1.54. The molecule has 2 N–H and O–H groups in total. The van der Waals surface area contributed by atoms with Gasteiger partial charge in [-0.05, 0) is 25.0 Å². The van der Waals surface area contributed by atoms with E-state index in [1.165, 1.54) is 19.0 Å². The number of aromatic carboxylic acids is 1. The molecule has 27 heavy (non-hydrogen) atoms. The van der Waals surface area contributed by atoms with Crippen molar-refractivity contribution in [2.45, 2.75) is 19.0 Å². The molecule has 150 valence electrons. The second-order valence-electron chi connectivity index (χ2n) is 6.15. The van der Waals surface area contributed by atoms with Crippen molar-refractivity contribution in [3.63, 3.8) is 0 Å². The number of hydrogen-bond donors (Lipinski definition) is 2. The SMILES string of the molecule is CN(C)c1cc(C(=O)O)c(C(F)(F)F)cc1C(=O)NS(=O)(=O)N1CCCC1. The van der Waals surface area contributed by atoms with Gasteiger partial charge in [0, 0.05) is 32.9 Å². The molecule has 2 rings (SSSR count). The molecule has 1 aromatic rings. The number of carboxylic acid groups (broad SMARTS) is 1. The molecule has 0 aliphatic carbocycles. The van der Waals surface area contributed by atoms with Gasteiger partial charge in [0.25, 0.3) is 5.91 Å². The van der Waals surface area contributed by atoms with E-state index >= 15 is 0 Å². The van der Waals surface area contributed by atoms with Gasteiger partial charge in [-0.15, -0.1) is 0 Å². The molecule has 1 saturated heterocycles. The number of nitrogens with zero attached hydrogens (tertiary/aromatic N) is 2. The van der Waals surface area contributed by atoms with Crippen molar-refractivity contribution in [1.29, 1.82) is 0 Å². The van der Waals surface area contributed by atoms with Crippen LogP contribution in [0.2, 0.25) is 0 Å². The monoisotopic (exact) mass is 409 g/mol. The molecule has 0 saturated carbocycles. The lowest BCUT2D eigenvalue weighted by molar-refractivity contribution is -0.138. The summed E-state index contributed by atoms with van der Waals surface area (Å²) in [6.45, 7) is 0.407. The third-order valence-electron chi connectivity index (χ3n) is 4.02. The highest BCUT2D eigenvalue weighted by Gasteiger charge is 2.38. The highest BCUT2D eigenvalue weighted by molar-refractivity contribution is 7.87. The second-order valence-corrected chi connectivity index (χ2v) is 7.83. The van der Waals surface area contributed by atoms with Crippen LogP contribution in [0.5, 0.6) is 0 Å². The predicted molar refractivity (Wildman–Crippen MR) is 89.9 cm³/mol. The number of hydrogen-bond acceptors (Lipinski definition) is 5. The summed E-state index contributed by atoms with van der Waals surface area (Å²) >= 11 is 0. The van der Waals surface area contributed by atoms with Crippen LogP contribution in [-0.4, -0.2) is 56.9 Å². The van der Waals surface area contributed by atoms with Crippen LogP contribution in [0, 0.1) is 0 Å². The number of rotatable bonds is 5. The number of halogens is 3. The third-order valence-corrected chi connectivity index (χ3v) is 5.51. The second kappa shape index (κ2) is 7.35. The molecular weight excluding hydrogens is 391 g/mol. The number of benzene rings is 1. The van der Waals surface area contributed by atoms with Gasteiger partial charge in [-0.3, -0.25) is 4.79 Å². The number of carboxylic acids is 1. The van der Waals surface area contributed by atoms with Gasteiger partial charge in [0.05, 0.1) is 16.7 Å². The fourth-order valence-electron chi connectivity index (χ4n) is 2.72. The number of alkyl halides is 3. The maximum atomic E-state index is 13.2. The molecule has 8 nitrogen and oxygen atoms in total. The van der Waals surface area contributed by atoms with Crippen LogP contribution < -0.4 is 9.62 Å². The number of anilines is 1. The Morgan fingerprint density at radius 1 is 1.15 bits per heavy atom. The molecule has 1 heterocycles. The lowest BCUT2D eigenvalue weighted by Crippen LogP contribution is -2.42. The summed E-state index contributed by atoms with van der Waals surface area (Å²) < 4.78 is 66.9. The standard InChI is InChI=1S/C15H18F3N3O5S/c1-20(2)12-8-9(14(23)24)11(15(16,17)18)7-10(12)13(22)19-27(25,26)21-5-3-4-6-21/h7-8H,3-6H2,1-2H3,(H,19,22)(H,23,24). The summed E-state index contributed by atoms with van der Waals surface area (Å²) in [4.78, 5) is 24.9. The van der Waals surface area contributed by atoms with E-state index in [2.05, 4.69) is 0 Å². The Kier molecular flexibility index (Phi) is 5.71. The molecule has 0 radical (unpaired) electrons. The van der Waals surface area contributed by atoms with Crippen LogP contribution in [0.25, 0.3) is 0 Å². The van der Waals surface area contributed by atoms with Gasteiger partial charge in [-0.1, -0.05) is 0 Å². The highest BCUT2D eigenvalue weighted by atomic mass is 32.2. The largest absolute Gasteiger partial charge is 0.478 e. The summed E-state index contributed by atoms with van der Waals surface area (Å²) in [5.74, 6) is -3.09. The number of nitrogens with one attached hydrogen (secondary N) is 1.